The number of rotatable bonds is 7. The molecule has 2 heterocycles. The highest BCUT2D eigenvalue weighted by Crippen LogP contribution is 2.17. The molecule has 0 spiro atoms. The van der Waals surface area contributed by atoms with Crippen molar-refractivity contribution < 1.29 is 14.4 Å². The van der Waals surface area contributed by atoms with Crippen LogP contribution in [0.5, 0.6) is 0 Å². The van der Waals surface area contributed by atoms with Crippen LogP contribution >= 0.6 is 0 Å². The minimum atomic E-state index is -0.744. The van der Waals surface area contributed by atoms with Crippen molar-refractivity contribution in [1.82, 2.24) is 25.3 Å². The number of hydrogen-bond donors (Lipinski definition) is 2. The van der Waals surface area contributed by atoms with Gasteiger partial charge in [-0.05, 0) is 31.4 Å². The molecule has 3 amide bonds. The summed E-state index contributed by atoms with van der Waals surface area (Å²) in [5, 5.41) is 9.84. The van der Waals surface area contributed by atoms with Crippen molar-refractivity contribution in [2.45, 2.75) is 45.9 Å². The van der Waals surface area contributed by atoms with E-state index in [1.54, 1.807) is 16.5 Å². The maximum atomic E-state index is 13.2. The molecule has 1 aliphatic rings. The Morgan fingerprint density at radius 3 is 2.56 bits per heavy atom. The minimum Gasteiger partial charge on any atom is -0.350 e. The minimum absolute atomic E-state index is 0.128. The number of amides is 3. The van der Waals surface area contributed by atoms with Crippen LogP contribution in [0.1, 0.15) is 51.0 Å². The van der Waals surface area contributed by atoms with Crippen LogP contribution in [-0.4, -0.2) is 45.0 Å². The number of aryl methyl sites for hydroxylation is 2. The maximum absolute atomic E-state index is 13.2. The second-order valence-electron chi connectivity index (χ2n) is 8.61. The average Bonchev–Trinajstić information content (AvgIpc) is 3.20. The third-order valence-electron chi connectivity index (χ3n) is 5.82. The number of carbonyl (C=O) groups is 3. The third kappa shape index (κ3) is 5.51. The predicted octanol–water partition coefficient (Wildman–Crippen LogP) is 2.67. The summed E-state index contributed by atoms with van der Waals surface area (Å²) in [6.45, 7) is 5.70. The average molecular weight is 460 g/mol. The molecule has 0 saturated carbocycles. The van der Waals surface area contributed by atoms with Crippen molar-refractivity contribution >= 4 is 17.7 Å². The van der Waals surface area contributed by atoms with Crippen molar-refractivity contribution in [1.29, 1.82) is 0 Å². The van der Waals surface area contributed by atoms with Gasteiger partial charge in [0, 0.05) is 32.2 Å². The van der Waals surface area contributed by atoms with E-state index in [0.717, 1.165) is 23.1 Å². The van der Waals surface area contributed by atoms with Gasteiger partial charge in [0.25, 0.3) is 11.8 Å². The molecule has 8 heteroatoms. The fourth-order valence-electron chi connectivity index (χ4n) is 4.00. The molecule has 8 nitrogen and oxygen atoms in total. The normalized spacial score (nSPS) is 14.2. The molecule has 2 N–H and O–H groups in total. The van der Waals surface area contributed by atoms with E-state index in [1.165, 1.54) is 6.07 Å². The number of carbonyl (C=O) groups excluding carboxylic acids is 3. The van der Waals surface area contributed by atoms with Gasteiger partial charge in [0.15, 0.2) is 5.69 Å². The summed E-state index contributed by atoms with van der Waals surface area (Å²) < 4.78 is 1.59. The number of benzene rings is 2. The van der Waals surface area contributed by atoms with Crippen molar-refractivity contribution in [2.75, 3.05) is 6.54 Å². The van der Waals surface area contributed by atoms with Gasteiger partial charge in [0.1, 0.15) is 11.7 Å². The Morgan fingerprint density at radius 2 is 1.79 bits per heavy atom. The SMILES string of the molecule is Cc1cccc(CN2CCCn3nc(C(=O)NC(C)C(=O)NCc4ccccc4)cc3C2=O)c1. The largest absolute Gasteiger partial charge is 0.350 e. The van der Waals surface area contributed by atoms with Crippen LogP contribution in [-0.2, 0) is 24.4 Å². The van der Waals surface area contributed by atoms with Crippen LogP contribution in [0.2, 0.25) is 0 Å². The molecule has 176 valence electrons. The summed E-state index contributed by atoms with van der Waals surface area (Å²) in [5.41, 5.74) is 3.70. The first-order valence-electron chi connectivity index (χ1n) is 11.5. The highest BCUT2D eigenvalue weighted by molar-refractivity contribution is 5.99. The van der Waals surface area contributed by atoms with Crippen molar-refractivity contribution in [3.05, 3.63) is 88.7 Å². The first-order valence-corrected chi connectivity index (χ1v) is 11.5. The molecule has 1 aromatic heterocycles. The fraction of sp³-hybridized carbons (Fsp3) is 0.308. The Balaban J connectivity index is 1.39. The zero-order valence-electron chi connectivity index (χ0n) is 19.5. The first kappa shape index (κ1) is 23.2. The highest BCUT2D eigenvalue weighted by atomic mass is 16.2. The second kappa shape index (κ2) is 10.3. The highest BCUT2D eigenvalue weighted by Gasteiger charge is 2.27. The zero-order valence-corrected chi connectivity index (χ0v) is 19.5. The smallest absolute Gasteiger partial charge is 0.272 e. The van der Waals surface area contributed by atoms with Gasteiger partial charge in [-0.3, -0.25) is 19.1 Å². The molecule has 1 aliphatic heterocycles. The van der Waals surface area contributed by atoms with Gasteiger partial charge in [0.05, 0.1) is 0 Å². The lowest BCUT2D eigenvalue weighted by Crippen LogP contribution is -2.44. The van der Waals surface area contributed by atoms with E-state index >= 15 is 0 Å². The van der Waals surface area contributed by atoms with E-state index in [-0.39, 0.29) is 17.5 Å². The van der Waals surface area contributed by atoms with E-state index in [4.69, 9.17) is 0 Å². The van der Waals surface area contributed by atoms with Crippen LogP contribution in [0, 0.1) is 6.92 Å². The van der Waals surface area contributed by atoms with E-state index in [9.17, 15) is 14.4 Å². The molecule has 1 atom stereocenters. The third-order valence-corrected chi connectivity index (χ3v) is 5.82. The summed E-state index contributed by atoms with van der Waals surface area (Å²) in [6, 6.07) is 18.4. The second-order valence-corrected chi connectivity index (χ2v) is 8.61. The number of hydrogen-bond acceptors (Lipinski definition) is 4. The topological polar surface area (TPSA) is 96.3 Å². The van der Waals surface area contributed by atoms with Crippen LogP contribution in [0.3, 0.4) is 0 Å². The Morgan fingerprint density at radius 1 is 1.03 bits per heavy atom. The number of aromatic nitrogens is 2. The molecular weight excluding hydrogens is 430 g/mol. The molecule has 1 unspecified atom stereocenters. The zero-order chi connectivity index (χ0) is 24.1. The van der Waals surface area contributed by atoms with Gasteiger partial charge in [-0.25, -0.2) is 0 Å². The molecule has 0 bridgehead atoms. The van der Waals surface area contributed by atoms with E-state index in [0.29, 0.717) is 31.9 Å². The van der Waals surface area contributed by atoms with Gasteiger partial charge in [0.2, 0.25) is 5.91 Å². The number of nitrogens with zero attached hydrogens (tertiary/aromatic N) is 3. The van der Waals surface area contributed by atoms with Gasteiger partial charge in [-0.1, -0.05) is 60.2 Å². The maximum Gasteiger partial charge on any atom is 0.272 e. The van der Waals surface area contributed by atoms with Gasteiger partial charge in [-0.15, -0.1) is 0 Å². The molecule has 4 rings (SSSR count). The first-order chi connectivity index (χ1) is 16.4. The lowest BCUT2D eigenvalue weighted by molar-refractivity contribution is -0.122. The predicted molar refractivity (Wildman–Crippen MR) is 128 cm³/mol. The fourth-order valence-corrected chi connectivity index (χ4v) is 4.00. The van der Waals surface area contributed by atoms with Gasteiger partial charge >= 0.3 is 0 Å². The number of nitrogens with one attached hydrogen (secondary N) is 2. The van der Waals surface area contributed by atoms with E-state index in [1.807, 2.05) is 55.5 Å². The lowest BCUT2D eigenvalue weighted by Gasteiger charge is -2.20. The summed E-state index contributed by atoms with van der Waals surface area (Å²) in [4.78, 5) is 40.1. The van der Waals surface area contributed by atoms with Crippen molar-refractivity contribution in [2.24, 2.45) is 0 Å². The molecule has 0 fully saturated rings. The van der Waals surface area contributed by atoms with Crippen LogP contribution in [0.25, 0.3) is 0 Å². The van der Waals surface area contributed by atoms with Crippen molar-refractivity contribution in [3.63, 3.8) is 0 Å². The van der Waals surface area contributed by atoms with Crippen LogP contribution in [0.15, 0.2) is 60.7 Å². The molecule has 0 saturated heterocycles. The lowest BCUT2D eigenvalue weighted by atomic mass is 10.1. The monoisotopic (exact) mass is 459 g/mol. The Kier molecular flexibility index (Phi) is 7.06. The molecule has 2 aromatic carbocycles. The molecular formula is C26H29N5O3. The summed E-state index contributed by atoms with van der Waals surface area (Å²) in [6.07, 6.45) is 0.742. The molecule has 34 heavy (non-hydrogen) atoms. The standard InChI is InChI=1S/C26H29N5O3/c1-18-8-6-11-21(14-18)17-30-12-7-13-31-23(26(30)34)15-22(29-31)25(33)28-19(2)24(32)27-16-20-9-4-3-5-10-20/h3-6,8-11,14-15,19H,7,12-13,16-17H2,1-2H3,(H,27,32)(H,28,33). The Bertz CT molecular complexity index is 1190. The van der Waals surface area contributed by atoms with E-state index < -0.39 is 11.9 Å². The summed E-state index contributed by atoms with van der Waals surface area (Å²) in [5.74, 6) is -0.932. The van der Waals surface area contributed by atoms with Gasteiger partial charge < -0.3 is 15.5 Å². The summed E-state index contributed by atoms with van der Waals surface area (Å²) >= 11 is 0. The summed E-state index contributed by atoms with van der Waals surface area (Å²) in [7, 11) is 0. The Hall–Kier alpha value is -3.94. The van der Waals surface area contributed by atoms with Crippen molar-refractivity contribution in [3.8, 4) is 0 Å². The van der Waals surface area contributed by atoms with E-state index in [2.05, 4.69) is 21.8 Å². The van der Waals surface area contributed by atoms with Crippen LogP contribution < -0.4 is 10.6 Å². The molecule has 0 radical (unpaired) electrons. The quantitative estimate of drug-likeness (QED) is 0.568. The van der Waals surface area contributed by atoms with Crippen LogP contribution in [0.4, 0.5) is 0 Å². The number of fused-ring (bicyclic) bond motifs is 1. The molecule has 0 aliphatic carbocycles. The molecule has 3 aromatic rings. The Labute approximate surface area is 199 Å². The van der Waals surface area contributed by atoms with Gasteiger partial charge in [-0.2, -0.15) is 5.10 Å².